The molecule has 0 saturated carbocycles. The van der Waals surface area contributed by atoms with Crippen molar-refractivity contribution in [3.8, 4) is 0 Å². The van der Waals surface area contributed by atoms with E-state index in [9.17, 15) is 8.42 Å². The topological polar surface area (TPSA) is 63.4 Å². The number of anilines is 2. The van der Waals surface area contributed by atoms with Gasteiger partial charge in [0.15, 0.2) is 0 Å². The van der Waals surface area contributed by atoms with Crippen LogP contribution in [0.5, 0.6) is 0 Å². The molecule has 100 valence electrons. The van der Waals surface area contributed by atoms with Gasteiger partial charge in [-0.1, -0.05) is 24.3 Å². The van der Waals surface area contributed by atoms with Gasteiger partial charge in [-0.25, -0.2) is 8.42 Å². The Morgan fingerprint density at radius 1 is 1.05 bits per heavy atom. The van der Waals surface area contributed by atoms with Crippen LogP contribution in [0.15, 0.2) is 53.4 Å². The average Bonchev–Trinajstić information content (AvgIpc) is 2.38. The van der Waals surface area contributed by atoms with Crippen molar-refractivity contribution in [2.45, 2.75) is 11.8 Å². The summed E-state index contributed by atoms with van der Waals surface area (Å²) < 4.78 is 26.3. The van der Waals surface area contributed by atoms with Crippen LogP contribution in [0.25, 0.3) is 0 Å². The first-order chi connectivity index (χ1) is 8.93. The lowest BCUT2D eigenvalue weighted by Gasteiger charge is -2.20. The van der Waals surface area contributed by atoms with Crippen molar-refractivity contribution in [2.24, 2.45) is 0 Å². The van der Waals surface area contributed by atoms with Gasteiger partial charge in [0.05, 0.1) is 10.6 Å². The Morgan fingerprint density at radius 3 is 2.37 bits per heavy atom. The van der Waals surface area contributed by atoms with Gasteiger partial charge in [0.2, 0.25) is 0 Å². The molecule has 0 aliphatic rings. The highest BCUT2D eigenvalue weighted by molar-refractivity contribution is 7.92. The molecule has 4 nitrogen and oxygen atoms in total. The van der Waals surface area contributed by atoms with E-state index in [0.29, 0.717) is 16.3 Å². The molecule has 0 aliphatic heterocycles. The van der Waals surface area contributed by atoms with Crippen LogP contribution in [0, 0.1) is 6.92 Å². The monoisotopic (exact) mass is 276 g/mol. The summed E-state index contributed by atoms with van der Waals surface area (Å²) in [5, 5.41) is 0. The van der Waals surface area contributed by atoms with Crippen LogP contribution in [0.3, 0.4) is 0 Å². The first kappa shape index (κ1) is 13.4. The van der Waals surface area contributed by atoms with E-state index in [1.165, 1.54) is 11.4 Å². The van der Waals surface area contributed by atoms with E-state index in [1.807, 2.05) is 6.07 Å². The minimum atomic E-state index is -3.56. The lowest BCUT2D eigenvalue weighted by atomic mass is 10.2. The average molecular weight is 276 g/mol. The van der Waals surface area contributed by atoms with Crippen LogP contribution >= 0.6 is 0 Å². The summed E-state index contributed by atoms with van der Waals surface area (Å²) in [5.41, 5.74) is 7.48. The van der Waals surface area contributed by atoms with Gasteiger partial charge in [0.25, 0.3) is 10.0 Å². The van der Waals surface area contributed by atoms with Gasteiger partial charge in [-0.3, -0.25) is 4.31 Å². The third-order valence-electron chi connectivity index (χ3n) is 2.97. The van der Waals surface area contributed by atoms with Crippen molar-refractivity contribution in [3.63, 3.8) is 0 Å². The molecule has 0 radical (unpaired) electrons. The summed E-state index contributed by atoms with van der Waals surface area (Å²) in [6, 6.07) is 13.7. The Bertz CT molecular complexity index is 696. The van der Waals surface area contributed by atoms with Crippen molar-refractivity contribution >= 4 is 21.4 Å². The Morgan fingerprint density at radius 2 is 1.74 bits per heavy atom. The molecule has 0 atom stereocenters. The van der Waals surface area contributed by atoms with Crippen LogP contribution in [0.2, 0.25) is 0 Å². The van der Waals surface area contributed by atoms with E-state index < -0.39 is 10.0 Å². The molecule has 2 rings (SSSR count). The fourth-order valence-corrected chi connectivity index (χ4v) is 3.26. The van der Waals surface area contributed by atoms with Crippen LogP contribution in [-0.2, 0) is 10.0 Å². The quantitative estimate of drug-likeness (QED) is 0.876. The third-order valence-corrected chi connectivity index (χ3v) is 4.91. The molecule has 2 aromatic carbocycles. The summed E-state index contributed by atoms with van der Waals surface area (Å²) in [7, 11) is -2.04. The predicted octanol–water partition coefficient (Wildman–Crippen LogP) is 2.40. The molecule has 19 heavy (non-hydrogen) atoms. The summed E-state index contributed by atoms with van der Waals surface area (Å²) in [6.45, 7) is 1.78. The first-order valence-electron chi connectivity index (χ1n) is 5.83. The zero-order chi connectivity index (χ0) is 14.0. The number of nitrogen functional groups attached to an aromatic ring is 1. The minimum absolute atomic E-state index is 0.305. The maximum absolute atomic E-state index is 12.5. The molecule has 2 aromatic rings. The third kappa shape index (κ3) is 2.56. The summed E-state index contributed by atoms with van der Waals surface area (Å²) in [6.07, 6.45) is 0. The molecular formula is C14H16N2O2S. The fraction of sp³-hybridized carbons (Fsp3) is 0.143. The molecule has 0 bridgehead atoms. The zero-order valence-corrected chi connectivity index (χ0v) is 11.7. The van der Waals surface area contributed by atoms with Gasteiger partial charge in [0, 0.05) is 12.7 Å². The number of sulfonamides is 1. The molecular weight excluding hydrogens is 260 g/mol. The fourth-order valence-electron chi connectivity index (χ4n) is 1.85. The van der Waals surface area contributed by atoms with Gasteiger partial charge < -0.3 is 5.73 Å². The second-order valence-electron chi connectivity index (χ2n) is 4.33. The lowest BCUT2D eigenvalue weighted by Crippen LogP contribution is -2.27. The molecule has 0 heterocycles. The van der Waals surface area contributed by atoms with Crippen LogP contribution in [0.1, 0.15) is 5.56 Å². The highest BCUT2D eigenvalue weighted by Gasteiger charge is 2.22. The second-order valence-corrected chi connectivity index (χ2v) is 6.27. The van der Waals surface area contributed by atoms with Crippen molar-refractivity contribution in [1.29, 1.82) is 0 Å². The molecule has 0 spiro atoms. The van der Waals surface area contributed by atoms with E-state index in [1.54, 1.807) is 49.4 Å². The molecule has 0 aliphatic carbocycles. The Labute approximate surface area is 113 Å². The van der Waals surface area contributed by atoms with Gasteiger partial charge in [-0.15, -0.1) is 0 Å². The smallest absolute Gasteiger partial charge is 0.264 e. The first-order valence-corrected chi connectivity index (χ1v) is 7.27. The molecule has 0 aromatic heterocycles. The molecule has 0 unspecified atom stereocenters. The van der Waals surface area contributed by atoms with Crippen LogP contribution in [0.4, 0.5) is 11.4 Å². The number of nitrogens with zero attached hydrogens (tertiary/aromatic N) is 1. The Hall–Kier alpha value is -2.01. The van der Waals surface area contributed by atoms with Crippen LogP contribution in [-0.4, -0.2) is 15.5 Å². The van der Waals surface area contributed by atoms with Gasteiger partial charge in [-0.2, -0.15) is 0 Å². The summed E-state index contributed by atoms with van der Waals surface area (Å²) >= 11 is 0. The maximum Gasteiger partial charge on any atom is 0.264 e. The largest absolute Gasteiger partial charge is 0.399 e. The Kier molecular flexibility index (Phi) is 3.48. The number of hydrogen-bond donors (Lipinski definition) is 1. The molecule has 2 N–H and O–H groups in total. The van der Waals surface area contributed by atoms with E-state index in [4.69, 9.17) is 5.73 Å². The van der Waals surface area contributed by atoms with Gasteiger partial charge in [-0.05, 0) is 36.8 Å². The van der Waals surface area contributed by atoms with E-state index in [-0.39, 0.29) is 0 Å². The summed E-state index contributed by atoms with van der Waals surface area (Å²) in [4.78, 5) is 0.305. The zero-order valence-electron chi connectivity index (χ0n) is 10.9. The maximum atomic E-state index is 12.5. The second kappa shape index (κ2) is 4.93. The van der Waals surface area contributed by atoms with Crippen molar-refractivity contribution in [2.75, 3.05) is 17.1 Å². The van der Waals surface area contributed by atoms with Crippen molar-refractivity contribution < 1.29 is 8.42 Å². The standard InChI is InChI=1S/C14H16N2O2S/c1-11-6-3-4-9-14(11)19(17,18)16(2)13-8-5-7-12(15)10-13/h3-10H,15H2,1-2H3. The lowest BCUT2D eigenvalue weighted by molar-refractivity contribution is 0.594. The number of benzene rings is 2. The molecule has 0 amide bonds. The number of hydrogen-bond acceptors (Lipinski definition) is 3. The SMILES string of the molecule is Cc1ccccc1S(=O)(=O)N(C)c1cccc(N)c1. The van der Waals surface area contributed by atoms with Gasteiger partial charge in [0.1, 0.15) is 0 Å². The van der Waals surface area contributed by atoms with E-state index in [0.717, 1.165) is 5.56 Å². The number of aryl methyl sites for hydroxylation is 1. The molecule has 0 fully saturated rings. The molecule has 0 saturated heterocycles. The Balaban J connectivity index is 2.49. The van der Waals surface area contributed by atoms with Crippen molar-refractivity contribution in [1.82, 2.24) is 0 Å². The summed E-state index contributed by atoms with van der Waals surface area (Å²) in [5.74, 6) is 0. The van der Waals surface area contributed by atoms with E-state index >= 15 is 0 Å². The highest BCUT2D eigenvalue weighted by atomic mass is 32.2. The van der Waals surface area contributed by atoms with Crippen LogP contribution < -0.4 is 10.0 Å². The predicted molar refractivity (Wildman–Crippen MR) is 77.6 cm³/mol. The van der Waals surface area contributed by atoms with Crippen molar-refractivity contribution in [3.05, 3.63) is 54.1 Å². The number of rotatable bonds is 3. The molecule has 5 heteroatoms. The minimum Gasteiger partial charge on any atom is -0.399 e. The van der Waals surface area contributed by atoms with Gasteiger partial charge >= 0.3 is 0 Å². The highest BCUT2D eigenvalue weighted by Crippen LogP contribution is 2.25. The van der Waals surface area contributed by atoms with E-state index in [2.05, 4.69) is 0 Å². The number of nitrogens with two attached hydrogens (primary N) is 1. The normalized spacial score (nSPS) is 11.3.